The van der Waals surface area contributed by atoms with Crippen molar-refractivity contribution in [2.75, 3.05) is 20.7 Å². The fourth-order valence-corrected chi connectivity index (χ4v) is 4.38. The van der Waals surface area contributed by atoms with Gasteiger partial charge in [0.15, 0.2) is 0 Å². The van der Waals surface area contributed by atoms with Gasteiger partial charge in [0.2, 0.25) is 5.91 Å². The fourth-order valence-electron chi connectivity index (χ4n) is 4.38. The minimum Gasteiger partial charge on any atom is -0.494 e. The second-order valence-corrected chi connectivity index (χ2v) is 9.25. The summed E-state index contributed by atoms with van der Waals surface area (Å²) >= 11 is 0. The lowest BCUT2D eigenvalue weighted by Gasteiger charge is -2.17. The molecule has 0 aliphatic rings. The molecule has 3 aromatic carbocycles. The number of hydrogen-bond donors (Lipinski definition) is 1. The van der Waals surface area contributed by atoms with Crippen LogP contribution in [0, 0.1) is 0 Å². The lowest BCUT2D eigenvalue weighted by Crippen LogP contribution is -2.18. The highest BCUT2D eigenvalue weighted by molar-refractivity contribution is 6.00. The number of H-pyrrole nitrogens is 1. The van der Waals surface area contributed by atoms with E-state index >= 15 is 0 Å². The van der Waals surface area contributed by atoms with Crippen LogP contribution in [0.5, 0.6) is 5.75 Å². The number of amides is 1. The number of aromatic amines is 1. The Hall–Kier alpha value is -4.12. The number of hydrogen-bond acceptors (Lipinski definition) is 3. The molecule has 190 valence electrons. The first-order valence-electron chi connectivity index (χ1n) is 12.9. The van der Waals surface area contributed by atoms with E-state index in [-0.39, 0.29) is 5.91 Å². The summed E-state index contributed by atoms with van der Waals surface area (Å²) in [5.74, 6) is 0.886. The number of ether oxygens (including phenoxy) is 1. The van der Waals surface area contributed by atoms with Gasteiger partial charge in [0, 0.05) is 19.5 Å². The molecule has 4 aromatic rings. The number of benzene rings is 3. The van der Waals surface area contributed by atoms with E-state index in [0.29, 0.717) is 6.61 Å². The highest BCUT2D eigenvalue weighted by Gasteiger charge is 2.14. The molecule has 0 spiro atoms. The highest BCUT2D eigenvalue weighted by atomic mass is 16.5. The molecule has 1 heterocycles. The average Bonchev–Trinajstić information content (AvgIpc) is 3.40. The van der Waals surface area contributed by atoms with Crippen molar-refractivity contribution >= 4 is 28.0 Å². The molecule has 0 saturated heterocycles. The first-order chi connectivity index (χ1) is 18.1. The number of carbonyl (C=O) groups excluding carboxylic acids is 1. The van der Waals surface area contributed by atoms with Crippen LogP contribution in [0.25, 0.3) is 22.0 Å². The number of carbonyl (C=O) groups is 1. The van der Waals surface area contributed by atoms with Gasteiger partial charge in [0.1, 0.15) is 5.75 Å². The molecular weight excluding hydrogens is 458 g/mol. The van der Waals surface area contributed by atoms with Gasteiger partial charge < -0.3 is 9.64 Å². The SMILES string of the molecule is CC/C(=C(/c1ccc(OCCCC/C=C\C(=O)N(C)C)cc1)c1ccc2[nH]ncc2c1)c1ccccc1. The fraction of sp³-hybridized carbons (Fsp3) is 0.250. The van der Waals surface area contributed by atoms with Crippen LogP contribution in [0.2, 0.25) is 0 Å². The van der Waals surface area contributed by atoms with Crippen molar-refractivity contribution in [3.63, 3.8) is 0 Å². The van der Waals surface area contributed by atoms with Gasteiger partial charge in [-0.25, -0.2) is 0 Å². The van der Waals surface area contributed by atoms with E-state index in [0.717, 1.165) is 47.9 Å². The van der Waals surface area contributed by atoms with Crippen molar-refractivity contribution in [2.24, 2.45) is 0 Å². The van der Waals surface area contributed by atoms with Crippen molar-refractivity contribution in [2.45, 2.75) is 32.6 Å². The third-order valence-electron chi connectivity index (χ3n) is 6.38. The number of aromatic nitrogens is 2. The lowest BCUT2D eigenvalue weighted by atomic mass is 9.88. The quantitative estimate of drug-likeness (QED) is 0.137. The van der Waals surface area contributed by atoms with Crippen molar-refractivity contribution in [3.8, 4) is 5.75 Å². The van der Waals surface area contributed by atoms with Crippen molar-refractivity contribution in [1.82, 2.24) is 15.1 Å². The first-order valence-corrected chi connectivity index (χ1v) is 12.9. The van der Waals surface area contributed by atoms with Crippen molar-refractivity contribution in [1.29, 1.82) is 0 Å². The Morgan fingerprint density at radius 2 is 1.70 bits per heavy atom. The van der Waals surface area contributed by atoms with E-state index in [1.54, 1.807) is 25.1 Å². The van der Waals surface area contributed by atoms with Crippen LogP contribution in [0.15, 0.2) is 91.1 Å². The largest absolute Gasteiger partial charge is 0.494 e. The summed E-state index contributed by atoms with van der Waals surface area (Å²) in [6.45, 7) is 2.86. The van der Waals surface area contributed by atoms with Crippen LogP contribution in [-0.2, 0) is 4.79 Å². The number of nitrogens with zero attached hydrogens (tertiary/aromatic N) is 2. The molecule has 1 N–H and O–H groups in total. The molecule has 0 aliphatic carbocycles. The van der Waals surface area contributed by atoms with Gasteiger partial charge in [-0.3, -0.25) is 9.89 Å². The zero-order chi connectivity index (χ0) is 26.0. The van der Waals surface area contributed by atoms with Crippen LogP contribution < -0.4 is 4.74 Å². The second kappa shape index (κ2) is 12.7. The molecule has 37 heavy (non-hydrogen) atoms. The Morgan fingerprint density at radius 3 is 2.43 bits per heavy atom. The zero-order valence-electron chi connectivity index (χ0n) is 21.9. The van der Waals surface area contributed by atoms with Gasteiger partial charge in [-0.15, -0.1) is 0 Å². The summed E-state index contributed by atoms with van der Waals surface area (Å²) in [7, 11) is 3.51. The number of likely N-dealkylation sites (N-methyl/N-ethyl adjacent to an activating group) is 1. The smallest absolute Gasteiger partial charge is 0.245 e. The predicted molar refractivity (Wildman–Crippen MR) is 152 cm³/mol. The second-order valence-electron chi connectivity index (χ2n) is 9.25. The van der Waals surface area contributed by atoms with Crippen LogP contribution in [0.4, 0.5) is 0 Å². The molecule has 0 atom stereocenters. The van der Waals surface area contributed by atoms with Crippen molar-refractivity contribution < 1.29 is 9.53 Å². The molecule has 1 aromatic heterocycles. The monoisotopic (exact) mass is 493 g/mol. The first kappa shape index (κ1) is 26.0. The molecule has 0 unspecified atom stereocenters. The zero-order valence-corrected chi connectivity index (χ0v) is 21.9. The normalized spacial score (nSPS) is 12.1. The van der Waals surface area contributed by atoms with Crippen LogP contribution in [-0.4, -0.2) is 41.7 Å². The lowest BCUT2D eigenvalue weighted by molar-refractivity contribution is -0.123. The van der Waals surface area contributed by atoms with Gasteiger partial charge in [0.25, 0.3) is 0 Å². The average molecular weight is 494 g/mol. The van der Waals surface area contributed by atoms with E-state index in [1.807, 2.05) is 12.3 Å². The standard InChI is InChI=1S/C32H35N3O2/c1-4-29(24-12-8-7-9-13-24)32(26-17-20-30-27(22-26)23-33-34-30)25-15-18-28(19-16-25)37-21-11-6-5-10-14-31(36)35(2)3/h7-10,12-20,22-23H,4-6,11,21H2,1-3H3,(H,33,34)/b14-10-,32-29+. The number of allylic oxidation sites excluding steroid dienone is 2. The predicted octanol–water partition coefficient (Wildman–Crippen LogP) is 7.13. The molecule has 4 rings (SSSR count). The topological polar surface area (TPSA) is 58.2 Å². The molecule has 0 bridgehead atoms. The van der Waals surface area contributed by atoms with Crippen LogP contribution >= 0.6 is 0 Å². The van der Waals surface area contributed by atoms with Gasteiger partial charge in [-0.2, -0.15) is 5.10 Å². The maximum atomic E-state index is 11.6. The molecule has 1 amide bonds. The number of rotatable bonds is 11. The van der Waals surface area contributed by atoms with E-state index in [2.05, 4.69) is 89.9 Å². The van der Waals surface area contributed by atoms with Gasteiger partial charge in [0.05, 0.1) is 18.3 Å². The molecule has 5 heteroatoms. The summed E-state index contributed by atoms with van der Waals surface area (Å²) in [5, 5.41) is 8.34. The Kier molecular flexibility index (Phi) is 8.93. The van der Waals surface area contributed by atoms with Crippen LogP contribution in [0.3, 0.4) is 0 Å². The molecule has 0 saturated carbocycles. The minimum atomic E-state index is 0.0212. The number of fused-ring (bicyclic) bond motifs is 1. The maximum absolute atomic E-state index is 11.6. The summed E-state index contributed by atoms with van der Waals surface area (Å²) in [5.41, 5.74) is 7.12. The molecule has 0 fully saturated rings. The summed E-state index contributed by atoms with van der Waals surface area (Å²) < 4.78 is 6.00. The van der Waals surface area contributed by atoms with Crippen LogP contribution in [0.1, 0.15) is 49.3 Å². The van der Waals surface area contributed by atoms with E-state index in [4.69, 9.17) is 4.74 Å². The summed E-state index contributed by atoms with van der Waals surface area (Å²) in [6.07, 6.45) is 9.14. The maximum Gasteiger partial charge on any atom is 0.245 e. The Balaban J connectivity index is 1.50. The van der Waals surface area contributed by atoms with E-state index in [1.165, 1.54) is 22.3 Å². The Bertz CT molecular complexity index is 1370. The molecular formula is C32H35N3O2. The summed E-state index contributed by atoms with van der Waals surface area (Å²) in [6, 6.07) is 25.5. The molecule has 5 nitrogen and oxygen atoms in total. The van der Waals surface area contributed by atoms with Gasteiger partial charge in [-0.1, -0.05) is 61.5 Å². The number of nitrogens with one attached hydrogen (secondary N) is 1. The Morgan fingerprint density at radius 1 is 0.946 bits per heavy atom. The minimum absolute atomic E-state index is 0.0212. The Labute approximate surface area is 219 Å². The third-order valence-corrected chi connectivity index (χ3v) is 6.38. The third kappa shape index (κ3) is 6.76. The highest BCUT2D eigenvalue weighted by Crippen LogP contribution is 2.36. The van der Waals surface area contributed by atoms with E-state index in [9.17, 15) is 4.79 Å². The number of unbranched alkanes of at least 4 members (excludes halogenated alkanes) is 2. The van der Waals surface area contributed by atoms with Gasteiger partial charge in [-0.05, 0) is 83.9 Å². The van der Waals surface area contributed by atoms with Gasteiger partial charge >= 0.3 is 0 Å². The van der Waals surface area contributed by atoms with Crippen molar-refractivity contribution in [3.05, 3.63) is 108 Å². The summed E-state index contributed by atoms with van der Waals surface area (Å²) in [4.78, 5) is 13.1. The van der Waals surface area contributed by atoms with E-state index < -0.39 is 0 Å². The molecule has 0 aliphatic heterocycles. The molecule has 0 radical (unpaired) electrons.